The summed E-state index contributed by atoms with van der Waals surface area (Å²) in [6.45, 7) is 1.71. The molecule has 1 N–H and O–H groups in total. The molecule has 1 unspecified atom stereocenters. The van der Waals surface area contributed by atoms with E-state index in [1.807, 2.05) is 0 Å². The fourth-order valence-electron chi connectivity index (χ4n) is 3.92. The van der Waals surface area contributed by atoms with Crippen LogP contribution in [-0.2, 0) is 16.6 Å². The lowest BCUT2D eigenvalue weighted by atomic mass is 9.96. The van der Waals surface area contributed by atoms with Gasteiger partial charge in [0.1, 0.15) is 5.69 Å². The summed E-state index contributed by atoms with van der Waals surface area (Å²) >= 11 is 18.0. The highest BCUT2D eigenvalue weighted by molar-refractivity contribution is 6.42. The molecule has 0 spiro atoms. The van der Waals surface area contributed by atoms with E-state index in [1.165, 1.54) is 17.7 Å². The predicted molar refractivity (Wildman–Crippen MR) is 144 cm³/mol. The second-order valence-electron chi connectivity index (χ2n) is 8.06. The van der Waals surface area contributed by atoms with Gasteiger partial charge in [0, 0.05) is 28.7 Å². The van der Waals surface area contributed by atoms with Crippen molar-refractivity contribution in [3.05, 3.63) is 97.8 Å². The molecule has 0 bridgehead atoms. The first kappa shape index (κ1) is 25.8. The third-order valence-corrected chi connectivity index (χ3v) is 6.72. The standard InChI is InChI=1S/C27H21Cl3N2O4/c1-3-22(25(33)31-17-12-13-20(29)21(30)14-17)36-27(35)24-23(15-8-10-16(28)11-9-15)18-6-4-5-7-19(18)26(34)32(24)2/h4-14,22H,3H2,1-2H3,(H,31,33). The molecule has 3 aromatic carbocycles. The number of benzene rings is 3. The van der Waals surface area contributed by atoms with Crippen LogP contribution in [0.4, 0.5) is 5.69 Å². The molecule has 1 amide bonds. The zero-order valence-corrected chi connectivity index (χ0v) is 21.6. The van der Waals surface area contributed by atoms with Crippen molar-refractivity contribution in [2.75, 3.05) is 5.32 Å². The van der Waals surface area contributed by atoms with E-state index in [2.05, 4.69) is 5.32 Å². The third-order valence-electron chi connectivity index (χ3n) is 5.73. The van der Waals surface area contributed by atoms with Crippen LogP contribution in [0.1, 0.15) is 23.8 Å². The van der Waals surface area contributed by atoms with Crippen molar-refractivity contribution in [1.82, 2.24) is 4.57 Å². The molecule has 1 atom stereocenters. The Hall–Kier alpha value is -3.32. The highest BCUT2D eigenvalue weighted by atomic mass is 35.5. The number of aromatic nitrogens is 1. The molecule has 0 saturated heterocycles. The van der Waals surface area contributed by atoms with E-state index in [0.29, 0.717) is 37.6 Å². The average molecular weight is 544 g/mol. The number of hydrogen-bond donors (Lipinski definition) is 1. The summed E-state index contributed by atoms with van der Waals surface area (Å²) < 4.78 is 6.90. The molecule has 4 aromatic rings. The Morgan fingerprint density at radius 3 is 2.25 bits per heavy atom. The largest absolute Gasteiger partial charge is 0.448 e. The number of nitrogens with zero attached hydrogens (tertiary/aromatic N) is 1. The van der Waals surface area contributed by atoms with Crippen LogP contribution in [0, 0.1) is 0 Å². The molecule has 0 radical (unpaired) electrons. The monoisotopic (exact) mass is 542 g/mol. The minimum Gasteiger partial charge on any atom is -0.448 e. The van der Waals surface area contributed by atoms with Crippen LogP contribution in [0.2, 0.25) is 15.1 Å². The van der Waals surface area contributed by atoms with Gasteiger partial charge in [-0.1, -0.05) is 72.1 Å². The van der Waals surface area contributed by atoms with Crippen molar-refractivity contribution in [2.24, 2.45) is 7.05 Å². The Bertz CT molecular complexity index is 1530. The second kappa shape index (κ2) is 10.7. The lowest BCUT2D eigenvalue weighted by Gasteiger charge is -2.20. The van der Waals surface area contributed by atoms with Crippen LogP contribution in [0.3, 0.4) is 0 Å². The summed E-state index contributed by atoms with van der Waals surface area (Å²) in [4.78, 5) is 39.5. The molecule has 0 aliphatic heterocycles. The zero-order chi connectivity index (χ0) is 26.0. The Morgan fingerprint density at radius 2 is 1.61 bits per heavy atom. The number of hydrogen-bond acceptors (Lipinski definition) is 4. The maximum absolute atomic E-state index is 13.5. The summed E-state index contributed by atoms with van der Waals surface area (Å²) in [7, 11) is 1.50. The van der Waals surface area contributed by atoms with Crippen molar-refractivity contribution in [2.45, 2.75) is 19.4 Å². The smallest absolute Gasteiger partial charge is 0.356 e. The fourth-order valence-corrected chi connectivity index (χ4v) is 4.34. The van der Waals surface area contributed by atoms with Gasteiger partial charge in [-0.25, -0.2) is 4.79 Å². The van der Waals surface area contributed by atoms with Gasteiger partial charge in [-0.05, 0) is 53.8 Å². The maximum Gasteiger partial charge on any atom is 0.356 e. The minimum absolute atomic E-state index is 0.0295. The van der Waals surface area contributed by atoms with Gasteiger partial charge < -0.3 is 14.6 Å². The van der Waals surface area contributed by atoms with Crippen molar-refractivity contribution < 1.29 is 14.3 Å². The number of pyridine rings is 1. The SMILES string of the molecule is CCC(OC(=O)c1c(-c2ccc(Cl)cc2)c2ccccc2c(=O)n1C)C(=O)Nc1ccc(Cl)c(Cl)c1. The van der Waals surface area contributed by atoms with Gasteiger partial charge >= 0.3 is 5.97 Å². The number of rotatable bonds is 6. The minimum atomic E-state index is -1.12. The number of amides is 1. The average Bonchev–Trinajstić information content (AvgIpc) is 2.87. The summed E-state index contributed by atoms with van der Waals surface area (Å²) in [5.41, 5.74) is 1.26. The molecule has 36 heavy (non-hydrogen) atoms. The number of carbonyl (C=O) groups is 2. The number of fused-ring (bicyclic) bond motifs is 1. The van der Waals surface area contributed by atoms with Gasteiger partial charge in [0.05, 0.1) is 10.0 Å². The zero-order valence-electron chi connectivity index (χ0n) is 19.3. The number of anilines is 1. The van der Waals surface area contributed by atoms with Crippen molar-refractivity contribution in [1.29, 1.82) is 0 Å². The molecule has 184 valence electrons. The molecule has 0 fully saturated rings. The van der Waals surface area contributed by atoms with Crippen LogP contribution in [-0.4, -0.2) is 22.5 Å². The van der Waals surface area contributed by atoms with E-state index in [4.69, 9.17) is 39.5 Å². The molecule has 1 aromatic heterocycles. The summed E-state index contributed by atoms with van der Waals surface area (Å²) in [6, 6.07) is 18.6. The van der Waals surface area contributed by atoms with Gasteiger partial charge in [0.25, 0.3) is 11.5 Å². The van der Waals surface area contributed by atoms with Crippen molar-refractivity contribution >= 4 is 63.1 Å². The van der Waals surface area contributed by atoms with E-state index in [1.54, 1.807) is 67.6 Å². The Balaban J connectivity index is 1.75. The second-order valence-corrected chi connectivity index (χ2v) is 9.31. The first-order chi connectivity index (χ1) is 17.2. The van der Waals surface area contributed by atoms with E-state index >= 15 is 0 Å². The lowest BCUT2D eigenvalue weighted by molar-refractivity contribution is -0.124. The molecule has 4 rings (SSSR count). The van der Waals surface area contributed by atoms with Gasteiger partial charge in [-0.15, -0.1) is 0 Å². The molecule has 9 heteroatoms. The van der Waals surface area contributed by atoms with Crippen LogP contribution >= 0.6 is 34.8 Å². The molecule has 0 aliphatic rings. The summed E-state index contributed by atoms with van der Waals surface area (Å²) in [5.74, 6) is -1.34. The lowest BCUT2D eigenvalue weighted by Crippen LogP contribution is -2.34. The quantitative estimate of drug-likeness (QED) is 0.273. The van der Waals surface area contributed by atoms with Crippen LogP contribution in [0.5, 0.6) is 0 Å². The first-order valence-electron chi connectivity index (χ1n) is 11.1. The van der Waals surface area contributed by atoms with Crippen LogP contribution in [0.25, 0.3) is 21.9 Å². The molecular formula is C27H21Cl3N2O4. The van der Waals surface area contributed by atoms with Gasteiger partial charge in [0.2, 0.25) is 0 Å². The van der Waals surface area contributed by atoms with E-state index < -0.39 is 18.0 Å². The van der Waals surface area contributed by atoms with Crippen molar-refractivity contribution in [3.8, 4) is 11.1 Å². The Morgan fingerprint density at radius 1 is 0.944 bits per heavy atom. The first-order valence-corrected chi connectivity index (χ1v) is 12.2. The molecule has 0 saturated carbocycles. The van der Waals surface area contributed by atoms with Crippen molar-refractivity contribution in [3.63, 3.8) is 0 Å². The molecule has 0 aliphatic carbocycles. The molecular weight excluding hydrogens is 523 g/mol. The highest BCUT2D eigenvalue weighted by Crippen LogP contribution is 2.32. The Kier molecular flexibility index (Phi) is 7.69. The molecule has 1 heterocycles. The number of ether oxygens (including phenoxy) is 1. The van der Waals surface area contributed by atoms with Gasteiger partial charge in [-0.3, -0.25) is 9.59 Å². The third kappa shape index (κ3) is 5.12. The predicted octanol–water partition coefficient (Wildman–Crippen LogP) is 6.74. The maximum atomic E-state index is 13.5. The molecule has 6 nitrogen and oxygen atoms in total. The number of halogens is 3. The van der Waals surface area contributed by atoms with Gasteiger partial charge in [0.15, 0.2) is 6.10 Å². The highest BCUT2D eigenvalue weighted by Gasteiger charge is 2.28. The number of nitrogens with one attached hydrogen (secondary N) is 1. The summed E-state index contributed by atoms with van der Waals surface area (Å²) in [5, 5.41) is 4.87. The Labute approximate surface area is 222 Å². The van der Waals surface area contributed by atoms with E-state index in [-0.39, 0.29) is 22.7 Å². The van der Waals surface area contributed by atoms with E-state index in [0.717, 1.165) is 0 Å². The van der Waals surface area contributed by atoms with Crippen LogP contribution < -0.4 is 10.9 Å². The fraction of sp³-hybridized carbons (Fsp3) is 0.148. The number of carbonyl (C=O) groups excluding carboxylic acids is 2. The van der Waals surface area contributed by atoms with Crippen LogP contribution in [0.15, 0.2) is 71.5 Å². The van der Waals surface area contributed by atoms with E-state index in [9.17, 15) is 14.4 Å². The summed E-state index contributed by atoms with van der Waals surface area (Å²) in [6.07, 6.45) is -0.914. The van der Waals surface area contributed by atoms with Gasteiger partial charge in [-0.2, -0.15) is 0 Å². The topological polar surface area (TPSA) is 77.4 Å². The normalized spacial score (nSPS) is 11.8. The number of esters is 1.